The first kappa shape index (κ1) is 18.4. The highest BCUT2D eigenvalue weighted by molar-refractivity contribution is 5.75. The first-order chi connectivity index (χ1) is 10.8. The van der Waals surface area contributed by atoms with Crippen LogP contribution in [0, 0.1) is 0 Å². The molecule has 0 bridgehead atoms. The highest BCUT2D eigenvalue weighted by Crippen LogP contribution is 2.23. The molecule has 0 saturated heterocycles. The topological polar surface area (TPSA) is 148 Å². The molecule has 9 heteroatoms. The number of H-pyrrole nitrogens is 2. The Morgan fingerprint density at radius 3 is 1.78 bits per heavy atom. The molecular formula is C14H19N3O6. The molecule has 0 amide bonds. The molecule has 0 spiro atoms. The number of aromatic hydroxyl groups is 1. The van der Waals surface area contributed by atoms with E-state index < -0.39 is 44.9 Å². The molecular weight excluding hydrogens is 306 g/mol. The smallest absolute Gasteiger partial charge is 0.328 e. The van der Waals surface area contributed by atoms with E-state index in [0.717, 1.165) is 0 Å². The molecule has 2 aromatic rings. The molecule has 0 aliphatic carbocycles. The van der Waals surface area contributed by atoms with Crippen LogP contribution in [0.5, 0.6) is 11.6 Å². The van der Waals surface area contributed by atoms with Crippen LogP contribution in [-0.4, -0.2) is 34.7 Å². The second-order valence-corrected chi connectivity index (χ2v) is 4.80. The third-order valence-electron chi connectivity index (χ3n) is 3.54. The Balaban J connectivity index is 0.000000322. The van der Waals surface area contributed by atoms with Gasteiger partial charge in [0.2, 0.25) is 16.7 Å². The fraction of sp³-hybridized carbons (Fsp3) is 0.429. The minimum Gasteiger partial charge on any atom is -0.869 e. The molecule has 0 atom stereocenters. The number of rotatable bonds is 4. The molecule has 0 aliphatic rings. The summed E-state index contributed by atoms with van der Waals surface area (Å²) in [5.41, 5.74) is -5.89. The van der Waals surface area contributed by atoms with Crippen molar-refractivity contribution in [2.45, 2.75) is 20.8 Å². The van der Waals surface area contributed by atoms with Crippen molar-refractivity contribution in [1.82, 2.24) is 9.97 Å². The number of quaternary nitrogens is 1. The van der Waals surface area contributed by atoms with E-state index in [9.17, 15) is 29.4 Å². The predicted octanol–water partition coefficient (Wildman–Crippen LogP) is -2.96. The van der Waals surface area contributed by atoms with Gasteiger partial charge in [-0.1, -0.05) is 0 Å². The summed E-state index contributed by atoms with van der Waals surface area (Å²) in [7, 11) is 0. The van der Waals surface area contributed by atoms with Crippen molar-refractivity contribution in [2.24, 2.45) is 0 Å². The summed E-state index contributed by atoms with van der Waals surface area (Å²) in [6.45, 7) is 10.5. The van der Waals surface area contributed by atoms with Crippen molar-refractivity contribution in [1.29, 1.82) is 0 Å². The normalized spacial score (nSPS) is 10.6. The molecule has 1 aromatic heterocycles. The third kappa shape index (κ3) is 3.75. The van der Waals surface area contributed by atoms with Gasteiger partial charge in [-0.15, -0.1) is 0 Å². The van der Waals surface area contributed by atoms with E-state index in [1.165, 1.54) is 19.6 Å². The van der Waals surface area contributed by atoms with Gasteiger partial charge in [0.05, 0.1) is 19.6 Å². The van der Waals surface area contributed by atoms with Gasteiger partial charge < -0.3 is 15.1 Å². The highest BCUT2D eigenvalue weighted by atomic mass is 16.3. The summed E-state index contributed by atoms with van der Waals surface area (Å²) in [6.07, 6.45) is 0. The Bertz CT molecular complexity index is 847. The van der Waals surface area contributed by atoms with Gasteiger partial charge in [0, 0.05) is 5.56 Å². The summed E-state index contributed by atoms with van der Waals surface area (Å²) < 4.78 is 0. The summed E-state index contributed by atoms with van der Waals surface area (Å²) in [4.78, 5) is 48.8. The maximum Gasteiger partial charge on any atom is 0.328 e. The van der Waals surface area contributed by atoms with Gasteiger partial charge in [-0.25, -0.2) is 4.79 Å². The Morgan fingerprint density at radius 2 is 1.43 bits per heavy atom. The van der Waals surface area contributed by atoms with Crippen LogP contribution in [-0.2, 0) is 0 Å². The maximum atomic E-state index is 11.2. The highest BCUT2D eigenvalue weighted by Gasteiger charge is 2.21. The van der Waals surface area contributed by atoms with Gasteiger partial charge in [0.25, 0.3) is 5.56 Å². The minimum absolute atomic E-state index is 0.686. The van der Waals surface area contributed by atoms with E-state index in [1.807, 2.05) is 0 Å². The lowest BCUT2D eigenvalue weighted by Crippen LogP contribution is -3.11. The Kier molecular flexibility index (Phi) is 6.02. The van der Waals surface area contributed by atoms with Crippen molar-refractivity contribution in [2.75, 3.05) is 19.6 Å². The molecule has 2 rings (SSSR count). The monoisotopic (exact) mass is 325 g/mol. The van der Waals surface area contributed by atoms with E-state index in [0.29, 0.717) is 0 Å². The minimum atomic E-state index is -1.25. The Morgan fingerprint density at radius 1 is 0.913 bits per heavy atom. The maximum absolute atomic E-state index is 11.2. The number of nitrogens with one attached hydrogen (secondary N) is 3. The lowest BCUT2D eigenvalue weighted by atomic mass is 10.0. The van der Waals surface area contributed by atoms with Gasteiger partial charge in [-0.05, 0) is 26.5 Å². The number of aromatic nitrogens is 2. The molecule has 0 unspecified atom stereocenters. The average molecular weight is 325 g/mol. The van der Waals surface area contributed by atoms with Crippen molar-refractivity contribution in [3.63, 3.8) is 0 Å². The average Bonchev–Trinajstić information content (AvgIpc) is 2.52. The van der Waals surface area contributed by atoms with E-state index in [4.69, 9.17) is 0 Å². The number of hydrogen-bond donors (Lipinski definition) is 4. The second-order valence-electron chi connectivity index (χ2n) is 4.80. The van der Waals surface area contributed by atoms with Gasteiger partial charge >= 0.3 is 5.69 Å². The van der Waals surface area contributed by atoms with Crippen molar-refractivity contribution in [3.8, 4) is 22.8 Å². The van der Waals surface area contributed by atoms with E-state index >= 15 is 0 Å². The molecule has 1 aromatic carbocycles. The lowest BCUT2D eigenvalue weighted by molar-refractivity contribution is -0.894. The lowest BCUT2D eigenvalue weighted by Gasteiger charge is -2.13. The van der Waals surface area contributed by atoms with E-state index in [-0.39, 0.29) is 0 Å². The largest absolute Gasteiger partial charge is 0.869 e. The van der Waals surface area contributed by atoms with Crippen molar-refractivity contribution < 1.29 is 15.1 Å². The quantitative estimate of drug-likeness (QED) is 0.441. The fourth-order valence-corrected chi connectivity index (χ4v) is 2.05. The zero-order valence-corrected chi connectivity index (χ0v) is 13.1. The molecule has 126 valence electrons. The molecule has 0 fully saturated rings. The summed E-state index contributed by atoms with van der Waals surface area (Å²) >= 11 is 0. The van der Waals surface area contributed by atoms with Gasteiger partial charge in [-0.2, -0.15) is 0 Å². The predicted molar refractivity (Wildman–Crippen MR) is 81.7 cm³/mol. The first-order valence-electron chi connectivity index (χ1n) is 7.18. The first-order valence-corrected chi connectivity index (χ1v) is 7.18. The molecule has 1 heterocycles. The van der Waals surface area contributed by atoms with Crippen LogP contribution >= 0.6 is 0 Å². The molecule has 23 heavy (non-hydrogen) atoms. The molecule has 4 N–H and O–H groups in total. The Hall–Kier alpha value is -2.68. The van der Waals surface area contributed by atoms with Gasteiger partial charge in [-0.3, -0.25) is 24.4 Å². The van der Waals surface area contributed by atoms with E-state index in [2.05, 4.69) is 20.8 Å². The van der Waals surface area contributed by atoms with Crippen LogP contribution < -0.4 is 32.1 Å². The van der Waals surface area contributed by atoms with Crippen molar-refractivity contribution >= 4 is 0 Å². The summed E-state index contributed by atoms with van der Waals surface area (Å²) in [5, 5.41) is 20.2. The summed E-state index contributed by atoms with van der Waals surface area (Å²) in [5.74, 6) is -2.07. The SMILES string of the molecule is CC[NH+](CC)CC.O=c1[nH]c(O)c(-c2c([O-])c(=O)c2=O)c(=O)[nH]1. The Labute approximate surface area is 130 Å². The third-order valence-corrected chi connectivity index (χ3v) is 3.54. The zero-order valence-electron chi connectivity index (χ0n) is 13.1. The van der Waals surface area contributed by atoms with Gasteiger partial charge in [0.15, 0.2) is 0 Å². The number of hydrogen-bond acceptors (Lipinski definition) is 6. The second kappa shape index (κ2) is 7.54. The molecule has 0 saturated carbocycles. The van der Waals surface area contributed by atoms with Crippen LogP contribution in [0.4, 0.5) is 0 Å². The standard InChI is InChI=1S/C8H4N2O6.C6H15N/c11-3-1(4(12)5(3)13)2-6(14)9-8(16)10-7(2)15;1-4-7(5-2)6-3/h11H,(H3,9,10,14,15,16);4-6H2,1-3H3. The van der Waals surface area contributed by atoms with Crippen LogP contribution in [0.1, 0.15) is 20.8 Å². The van der Waals surface area contributed by atoms with Crippen LogP contribution in [0.25, 0.3) is 11.1 Å². The fourth-order valence-electron chi connectivity index (χ4n) is 2.05. The van der Waals surface area contributed by atoms with Crippen LogP contribution in [0.15, 0.2) is 19.2 Å². The zero-order chi connectivity index (χ0) is 17.7. The van der Waals surface area contributed by atoms with Crippen LogP contribution in [0.3, 0.4) is 0 Å². The van der Waals surface area contributed by atoms with Gasteiger partial charge in [0.1, 0.15) is 5.56 Å². The summed E-state index contributed by atoms with van der Waals surface area (Å²) in [6, 6.07) is 0. The molecule has 0 radical (unpaired) electrons. The molecule has 0 aliphatic heterocycles. The van der Waals surface area contributed by atoms with Crippen LogP contribution in [0.2, 0.25) is 0 Å². The molecule has 9 nitrogen and oxygen atoms in total. The van der Waals surface area contributed by atoms with E-state index in [1.54, 1.807) is 14.9 Å². The van der Waals surface area contributed by atoms with Crippen molar-refractivity contribution in [3.05, 3.63) is 41.3 Å². The number of aromatic amines is 2.